The van der Waals surface area contributed by atoms with Gasteiger partial charge in [0.05, 0.1) is 0 Å². The normalized spacial score (nSPS) is 11.2. The molecule has 0 aliphatic heterocycles. The molecule has 0 unspecified atom stereocenters. The van der Waals surface area contributed by atoms with Gasteiger partial charge in [-0.3, -0.25) is 0 Å². The van der Waals surface area contributed by atoms with Gasteiger partial charge in [-0.1, -0.05) is 65.7 Å². The molecule has 16 heavy (non-hydrogen) atoms. The van der Waals surface area contributed by atoms with Crippen LogP contribution in [0, 0.1) is 0 Å². The van der Waals surface area contributed by atoms with Crippen LogP contribution in [0.2, 0.25) is 0 Å². The van der Waals surface area contributed by atoms with Crippen LogP contribution in [0.5, 0.6) is 0 Å². The number of hydrogen-bond acceptors (Lipinski definition) is 1. The maximum absolute atomic E-state index is 2.62. The first-order valence-corrected chi connectivity index (χ1v) is 7.57. The second-order valence-electron chi connectivity index (χ2n) is 4.91. The Morgan fingerprint density at radius 3 is 1.56 bits per heavy atom. The molecular weight excluding hydrogens is 194 g/mol. The summed E-state index contributed by atoms with van der Waals surface area (Å²) in [5.74, 6) is 0. The molecule has 0 atom stereocenters. The van der Waals surface area contributed by atoms with E-state index in [4.69, 9.17) is 0 Å². The predicted octanol–water partition coefficient (Wildman–Crippen LogP) is 4.86. The molecule has 98 valence electrons. The molecule has 0 saturated carbocycles. The molecule has 0 spiro atoms. The maximum atomic E-state index is 2.62. The maximum Gasteiger partial charge on any atom is -0.00189 e. The van der Waals surface area contributed by atoms with Crippen molar-refractivity contribution in [3.05, 3.63) is 0 Å². The van der Waals surface area contributed by atoms with E-state index in [2.05, 4.69) is 25.7 Å². The van der Waals surface area contributed by atoms with Crippen molar-refractivity contribution in [1.29, 1.82) is 0 Å². The molecule has 0 amide bonds. The van der Waals surface area contributed by atoms with Crippen molar-refractivity contribution in [2.45, 2.75) is 78.6 Å². The highest BCUT2D eigenvalue weighted by molar-refractivity contribution is 4.56. The van der Waals surface area contributed by atoms with E-state index in [0.717, 1.165) is 0 Å². The average Bonchev–Trinajstić information content (AvgIpc) is 2.31. The summed E-state index contributed by atoms with van der Waals surface area (Å²) in [6.07, 6.45) is 12.6. The van der Waals surface area contributed by atoms with E-state index in [-0.39, 0.29) is 0 Å². The van der Waals surface area contributed by atoms with E-state index in [1.807, 2.05) is 0 Å². The largest absolute Gasteiger partial charge is 0.304 e. The molecule has 1 heteroatoms. The van der Waals surface area contributed by atoms with Crippen molar-refractivity contribution < 1.29 is 0 Å². The molecule has 0 aromatic rings. The Bertz CT molecular complexity index is 123. The molecule has 0 aliphatic rings. The lowest BCUT2D eigenvalue weighted by atomic mass is 10.1. The van der Waals surface area contributed by atoms with Gasteiger partial charge in [-0.25, -0.2) is 0 Å². The van der Waals surface area contributed by atoms with E-state index < -0.39 is 0 Å². The molecule has 0 rings (SSSR count). The smallest absolute Gasteiger partial charge is 0.00189 e. The van der Waals surface area contributed by atoms with Crippen LogP contribution >= 0.6 is 0 Å². The topological polar surface area (TPSA) is 3.24 Å². The summed E-state index contributed by atoms with van der Waals surface area (Å²) in [5.41, 5.74) is 0. The van der Waals surface area contributed by atoms with Crippen LogP contribution in [-0.2, 0) is 0 Å². The van der Waals surface area contributed by atoms with E-state index >= 15 is 0 Å². The minimum atomic E-state index is 1.23. The number of nitrogens with zero attached hydrogens (tertiary/aromatic N) is 1. The minimum absolute atomic E-state index is 1.23. The molecular formula is C15H33N. The lowest BCUT2D eigenvalue weighted by Crippen LogP contribution is -2.25. The third-order valence-corrected chi connectivity index (χ3v) is 3.35. The Hall–Kier alpha value is -0.0400. The summed E-state index contributed by atoms with van der Waals surface area (Å²) in [4.78, 5) is 2.62. The fourth-order valence-electron chi connectivity index (χ4n) is 2.13. The van der Waals surface area contributed by atoms with Crippen LogP contribution in [0.1, 0.15) is 78.6 Å². The Morgan fingerprint density at radius 2 is 1.00 bits per heavy atom. The molecule has 0 saturated heterocycles. The van der Waals surface area contributed by atoms with Gasteiger partial charge in [0.15, 0.2) is 0 Å². The monoisotopic (exact) mass is 227 g/mol. The van der Waals surface area contributed by atoms with Gasteiger partial charge in [0.1, 0.15) is 0 Å². The summed E-state index contributed by atoms with van der Waals surface area (Å²) in [6.45, 7) is 10.7. The zero-order valence-corrected chi connectivity index (χ0v) is 11.9. The first-order valence-electron chi connectivity index (χ1n) is 7.57. The lowest BCUT2D eigenvalue weighted by molar-refractivity contribution is 0.274. The molecule has 0 aromatic heterocycles. The Morgan fingerprint density at radius 1 is 0.562 bits per heavy atom. The standard InChI is InChI=1S/C15H33N/c1-4-7-9-10-11-13-15-16(6-3)14-12-8-5-2/h4-15H2,1-3H3. The number of unbranched alkanes of at least 4 members (excludes halogenated alkanes) is 7. The quantitative estimate of drug-likeness (QED) is 0.430. The second kappa shape index (κ2) is 13.0. The summed E-state index contributed by atoms with van der Waals surface area (Å²) >= 11 is 0. The van der Waals surface area contributed by atoms with Crippen molar-refractivity contribution in [2.24, 2.45) is 0 Å². The molecule has 0 fully saturated rings. The molecule has 0 N–H and O–H groups in total. The van der Waals surface area contributed by atoms with Gasteiger partial charge in [-0.05, 0) is 32.5 Å². The Balaban J connectivity index is 3.26. The summed E-state index contributed by atoms with van der Waals surface area (Å²) < 4.78 is 0. The van der Waals surface area contributed by atoms with Crippen LogP contribution in [0.4, 0.5) is 0 Å². The van der Waals surface area contributed by atoms with Gasteiger partial charge in [-0.2, -0.15) is 0 Å². The minimum Gasteiger partial charge on any atom is -0.304 e. The summed E-state index contributed by atoms with van der Waals surface area (Å²) in [5, 5.41) is 0. The van der Waals surface area contributed by atoms with Crippen molar-refractivity contribution >= 4 is 0 Å². The molecule has 0 bridgehead atoms. The van der Waals surface area contributed by atoms with Gasteiger partial charge >= 0.3 is 0 Å². The molecule has 0 radical (unpaired) electrons. The Kier molecular flexibility index (Phi) is 13.0. The van der Waals surface area contributed by atoms with Gasteiger partial charge in [0.2, 0.25) is 0 Å². The van der Waals surface area contributed by atoms with E-state index in [1.54, 1.807) is 0 Å². The SMILES string of the molecule is CCCCCCCCN(CC)CCCCC. The average molecular weight is 227 g/mol. The van der Waals surface area contributed by atoms with Gasteiger partial charge in [0.25, 0.3) is 0 Å². The van der Waals surface area contributed by atoms with Crippen molar-refractivity contribution in [3.8, 4) is 0 Å². The predicted molar refractivity (Wildman–Crippen MR) is 75.0 cm³/mol. The van der Waals surface area contributed by atoms with Crippen molar-refractivity contribution in [2.75, 3.05) is 19.6 Å². The number of hydrogen-bond donors (Lipinski definition) is 0. The van der Waals surface area contributed by atoms with E-state index in [0.29, 0.717) is 0 Å². The van der Waals surface area contributed by atoms with E-state index in [1.165, 1.54) is 77.4 Å². The molecule has 1 nitrogen and oxygen atoms in total. The molecule has 0 aromatic carbocycles. The third kappa shape index (κ3) is 10.5. The summed E-state index contributed by atoms with van der Waals surface area (Å²) in [7, 11) is 0. The zero-order valence-electron chi connectivity index (χ0n) is 11.9. The lowest BCUT2D eigenvalue weighted by Gasteiger charge is -2.20. The zero-order chi connectivity index (χ0) is 12.1. The first-order chi connectivity index (χ1) is 7.85. The fourth-order valence-corrected chi connectivity index (χ4v) is 2.13. The van der Waals surface area contributed by atoms with Crippen LogP contribution in [0.3, 0.4) is 0 Å². The van der Waals surface area contributed by atoms with Crippen LogP contribution < -0.4 is 0 Å². The molecule has 0 heterocycles. The van der Waals surface area contributed by atoms with Crippen molar-refractivity contribution in [1.82, 2.24) is 4.90 Å². The second-order valence-corrected chi connectivity index (χ2v) is 4.91. The fraction of sp³-hybridized carbons (Fsp3) is 1.00. The van der Waals surface area contributed by atoms with E-state index in [9.17, 15) is 0 Å². The number of rotatable bonds is 12. The highest BCUT2D eigenvalue weighted by Crippen LogP contribution is 2.06. The van der Waals surface area contributed by atoms with Crippen LogP contribution in [-0.4, -0.2) is 24.5 Å². The van der Waals surface area contributed by atoms with Gasteiger partial charge in [-0.15, -0.1) is 0 Å². The molecule has 0 aliphatic carbocycles. The first kappa shape index (κ1) is 16.0. The summed E-state index contributed by atoms with van der Waals surface area (Å²) in [6, 6.07) is 0. The van der Waals surface area contributed by atoms with Gasteiger partial charge in [0, 0.05) is 0 Å². The van der Waals surface area contributed by atoms with Crippen molar-refractivity contribution in [3.63, 3.8) is 0 Å². The highest BCUT2D eigenvalue weighted by atomic mass is 15.1. The van der Waals surface area contributed by atoms with Crippen LogP contribution in [0.15, 0.2) is 0 Å². The van der Waals surface area contributed by atoms with Gasteiger partial charge < -0.3 is 4.90 Å². The third-order valence-electron chi connectivity index (χ3n) is 3.35. The van der Waals surface area contributed by atoms with Crippen LogP contribution in [0.25, 0.3) is 0 Å². The highest BCUT2D eigenvalue weighted by Gasteiger charge is 2.00. The Labute approximate surface area is 104 Å².